The van der Waals surface area contributed by atoms with E-state index in [0.29, 0.717) is 43.4 Å². The van der Waals surface area contributed by atoms with Crippen molar-refractivity contribution in [2.24, 2.45) is 0 Å². The first-order valence-electron chi connectivity index (χ1n) is 13.4. The van der Waals surface area contributed by atoms with E-state index in [2.05, 4.69) is 4.90 Å². The fraction of sp³-hybridized carbons (Fsp3) is 0.333. The third-order valence-corrected chi connectivity index (χ3v) is 6.73. The number of ether oxygens (including phenoxy) is 1. The summed E-state index contributed by atoms with van der Waals surface area (Å²) in [5.74, 6) is 0.297. The summed E-state index contributed by atoms with van der Waals surface area (Å²) in [7, 11) is 0. The van der Waals surface area contributed by atoms with Gasteiger partial charge in [-0.15, -0.1) is 0 Å². The maximum atomic E-state index is 13.7. The molecule has 10 nitrogen and oxygen atoms in total. The lowest BCUT2D eigenvalue weighted by molar-refractivity contribution is -0.384. The predicted octanol–water partition coefficient (Wildman–Crippen LogP) is 4.04. The second kappa shape index (κ2) is 14.3. The fourth-order valence-electron chi connectivity index (χ4n) is 4.40. The van der Waals surface area contributed by atoms with Crippen LogP contribution in [-0.2, 0) is 27.4 Å². The van der Waals surface area contributed by atoms with Crippen molar-refractivity contribution in [2.45, 2.75) is 20.0 Å². The summed E-state index contributed by atoms with van der Waals surface area (Å²) in [6.07, 6.45) is 2.94. The van der Waals surface area contributed by atoms with Gasteiger partial charge >= 0.3 is 0 Å². The van der Waals surface area contributed by atoms with Crippen molar-refractivity contribution in [3.8, 4) is 0 Å². The van der Waals surface area contributed by atoms with Crippen LogP contribution in [0.1, 0.15) is 22.6 Å². The molecule has 0 atom stereocenters. The molecular formula is C30H33FN4O6. The Labute approximate surface area is 237 Å². The average Bonchev–Trinajstić information content (AvgIpc) is 3.39. The Morgan fingerprint density at radius 3 is 2.34 bits per heavy atom. The molecule has 1 fully saturated rings. The minimum atomic E-state index is -0.487. The number of halogens is 1. The maximum absolute atomic E-state index is 13.7. The summed E-state index contributed by atoms with van der Waals surface area (Å²) in [6, 6.07) is 15.4. The number of amides is 2. The van der Waals surface area contributed by atoms with E-state index in [0.717, 1.165) is 18.7 Å². The molecule has 2 amide bonds. The third-order valence-electron chi connectivity index (χ3n) is 6.73. The largest absolute Gasteiger partial charge is 0.464 e. The van der Waals surface area contributed by atoms with E-state index in [9.17, 15) is 24.1 Å². The molecule has 1 aliphatic rings. The van der Waals surface area contributed by atoms with E-state index in [1.165, 1.54) is 35.2 Å². The number of hydrogen-bond acceptors (Lipinski definition) is 7. The van der Waals surface area contributed by atoms with Gasteiger partial charge in [-0.3, -0.25) is 24.6 Å². The number of aryl methyl sites for hydroxylation is 1. The highest BCUT2D eigenvalue weighted by Gasteiger charge is 2.23. The third kappa shape index (κ3) is 9.09. The van der Waals surface area contributed by atoms with Crippen LogP contribution in [0.15, 0.2) is 71.2 Å². The summed E-state index contributed by atoms with van der Waals surface area (Å²) >= 11 is 0. The normalized spacial score (nSPS) is 13.8. The molecule has 11 heteroatoms. The van der Waals surface area contributed by atoms with Crippen molar-refractivity contribution in [1.82, 2.24) is 14.7 Å². The standard InChI is InChI=1S/C30H33FN4O6/c1-23-2-12-28(41-23)21-34(20-25-3-8-26(31)9-4-25)30(37)22-33(15-14-32-16-18-40-19-17-32)29(36)13-7-24-5-10-27(11-6-24)35(38)39/h2-13H,14-22H2,1H3. The van der Waals surface area contributed by atoms with Crippen LogP contribution >= 0.6 is 0 Å². The molecule has 1 aliphatic heterocycles. The highest BCUT2D eigenvalue weighted by atomic mass is 19.1. The van der Waals surface area contributed by atoms with Gasteiger partial charge in [0.25, 0.3) is 5.69 Å². The average molecular weight is 565 g/mol. The van der Waals surface area contributed by atoms with Crippen molar-refractivity contribution in [3.63, 3.8) is 0 Å². The van der Waals surface area contributed by atoms with Crippen LogP contribution in [0.2, 0.25) is 0 Å². The molecule has 0 saturated carbocycles. The molecule has 41 heavy (non-hydrogen) atoms. The quantitative estimate of drug-likeness (QED) is 0.186. The van der Waals surface area contributed by atoms with E-state index in [1.54, 1.807) is 41.3 Å². The van der Waals surface area contributed by atoms with Crippen LogP contribution < -0.4 is 0 Å². The molecule has 4 rings (SSSR count). The van der Waals surface area contributed by atoms with Gasteiger partial charge in [0.05, 0.1) is 24.7 Å². The number of hydrogen-bond donors (Lipinski definition) is 0. The highest BCUT2D eigenvalue weighted by molar-refractivity contribution is 5.94. The zero-order chi connectivity index (χ0) is 29.2. The Bertz CT molecular complexity index is 1350. The van der Waals surface area contributed by atoms with Crippen LogP contribution in [-0.4, -0.2) is 77.4 Å². The number of carbonyl (C=O) groups is 2. The SMILES string of the molecule is Cc1ccc(CN(Cc2ccc(F)cc2)C(=O)CN(CCN2CCOCC2)C(=O)C=Cc2ccc([N+](=O)[O-])cc2)o1. The van der Waals surface area contributed by atoms with Crippen LogP contribution in [0.5, 0.6) is 0 Å². The molecular weight excluding hydrogens is 531 g/mol. The molecule has 1 aromatic heterocycles. The second-order valence-electron chi connectivity index (χ2n) is 9.78. The summed E-state index contributed by atoms with van der Waals surface area (Å²) in [5, 5.41) is 10.9. The Kier molecular flexibility index (Phi) is 10.4. The zero-order valence-electron chi connectivity index (χ0n) is 22.9. The number of non-ortho nitro benzene ring substituents is 1. The maximum Gasteiger partial charge on any atom is 0.269 e. The first-order chi connectivity index (χ1) is 19.8. The predicted molar refractivity (Wildman–Crippen MR) is 150 cm³/mol. The molecule has 0 N–H and O–H groups in total. The summed E-state index contributed by atoms with van der Waals surface area (Å²) < 4.78 is 24.6. The van der Waals surface area contributed by atoms with Crippen molar-refractivity contribution in [3.05, 3.63) is 105 Å². The Hall–Kier alpha value is -4.35. The molecule has 0 bridgehead atoms. The second-order valence-corrected chi connectivity index (χ2v) is 9.78. The van der Waals surface area contributed by atoms with E-state index >= 15 is 0 Å². The first kappa shape index (κ1) is 29.6. The summed E-state index contributed by atoms with van der Waals surface area (Å²) in [5.41, 5.74) is 1.32. The van der Waals surface area contributed by atoms with Crippen LogP contribution in [0.3, 0.4) is 0 Å². The number of furan rings is 1. The number of nitro benzene ring substituents is 1. The lowest BCUT2D eigenvalue weighted by Crippen LogP contribution is -2.46. The van der Waals surface area contributed by atoms with E-state index in [1.807, 2.05) is 13.0 Å². The number of benzene rings is 2. The van der Waals surface area contributed by atoms with Gasteiger partial charge in [0, 0.05) is 50.9 Å². The van der Waals surface area contributed by atoms with Gasteiger partial charge in [0.1, 0.15) is 23.9 Å². The van der Waals surface area contributed by atoms with Crippen LogP contribution in [0.4, 0.5) is 10.1 Å². The van der Waals surface area contributed by atoms with Crippen molar-refractivity contribution < 1.29 is 28.1 Å². The molecule has 2 heterocycles. The van der Waals surface area contributed by atoms with Gasteiger partial charge in [0.15, 0.2) is 0 Å². The minimum absolute atomic E-state index is 0.0424. The Morgan fingerprint density at radius 2 is 1.71 bits per heavy atom. The van der Waals surface area contributed by atoms with Gasteiger partial charge in [-0.05, 0) is 60.5 Å². The monoisotopic (exact) mass is 564 g/mol. The zero-order valence-corrected chi connectivity index (χ0v) is 22.9. The van der Waals surface area contributed by atoms with Crippen molar-refractivity contribution in [2.75, 3.05) is 45.9 Å². The summed E-state index contributed by atoms with van der Waals surface area (Å²) in [4.78, 5) is 42.7. The molecule has 2 aromatic carbocycles. The fourth-order valence-corrected chi connectivity index (χ4v) is 4.40. The molecule has 0 unspecified atom stereocenters. The smallest absolute Gasteiger partial charge is 0.269 e. The summed E-state index contributed by atoms with van der Waals surface area (Å²) in [6.45, 7) is 5.64. The molecule has 0 spiro atoms. The first-order valence-corrected chi connectivity index (χ1v) is 13.4. The Morgan fingerprint density at radius 1 is 1.00 bits per heavy atom. The molecule has 3 aromatic rings. The minimum Gasteiger partial charge on any atom is -0.464 e. The van der Waals surface area contributed by atoms with Crippen LogP contribution in [0, 0.1) is 22.9 Å². The lowest BCUT2D eigenvalue weighted by Gasteiger charge is -2.31. The lowest BCUT2D eigenvalue weighted by atomic mass is 10.2. The van der Waals surface area contributed by atoms with Gasteiger partial charge in [-0.2, -0.15) is 0 Å². The number of nitro groups is 1. The van der Waals surface area contributed by atoms with E-state index in [4.69, 9.17) is 9.15 Å². The topological polar surface area (TPSA) is 109 Å². The molecule has 216 valence electrons. The number of rotatable bonds is 12. The molecule has 1 saturated heterocycles. The number of morpholine rings is 1. The van der Waals surface area contributed by atoms with Gasteiger partial charge in [-0.1, -0.05) is 12.1 Å². The van der Waals surface area contributed by atoms with Gasteiger partial charge in [0.2, 0.25) is 11.8 Å². The van der Waals surface area contributed by atoms with E-state index in [-0.39, 0.29) is 43.0 Å². The van der Waals surface area contributed by atoms with E-state index < -0.39 is 4.92 Å². The van der Waals surface area contributed by atoms with Gasteiger partial charge in [-0.25, -0.2) is 4.39 Å². The molecule has 0 aliphatic carbocycles. The van der Waals surface area contributed by atoms with Gasteiger partial charge < -0.3 is 19.0 Å². The number of nitrogens with zero attached hydrogens (tertiary/aromatic N) is 4. The number of carbonyl (C=O) groups excluding carboxylic acids is 2. The van der Waals surface area contributed by atoms with Crippen molar-refractivity contribution in [1.29, 1.82) is 0 Å². The molecule has 0 radical (unpaired) electrons. The Balaban J connectivity index is 1.50. The van der Waals surface area contributed by atoms with Crippen molar-refractivity contribution >= 4 is 23.6 Å². The highest BCUT2D eigenvalue weighted by Crippen LogP contribution is 2.16. The van der Waals surface area contributed by atoms with Crippen LogP contribution in [0.25, 0.3) is 6.08 Å².